The molecule has 1 aromatic carbocycles. The zero-order valence-corrected chi connectivity index (χ0v) is 16.6. The van der Waals surface area contributed by atoms with Crippen molar-refractivity contribution < 1.29 is 13.2 Å². The fourth-order valence-corrected chi connectivity index (χ4v) is 3.09. The molecule has 0 atom stereocenters. The van der Waals surface area contributed by atoms with Crippen LogP contribution in [0.5, 0.6) is 0 Å². The largest absolute Gasteiger partial charge is 0.390 e. The molecule has 1 saturated carbocycles. The fraction of sp³-hybridized carbons (Fsp3) is 0.533. The zero-order valence-electron chi connectivity index (χ0n) is 12.7. The van der Waals surface area contributed by atoms with E-state index in [-0.39, 0.29) is 35.9 Å². The van der Waals surface area contributed by atoms with Gasteiger partial charge in [-0.3, -0.25) is 4.99 Å². The smallest absolute Gasteiger partial charge is 0.356 e. The summed E-state index contributed by atoms with van der Waals surface area (Å²) in [4.78, 5) is 3.97. The van der Waals surface area contributed by atoms with Gasteiger partial charge in [-0.2, -0.15) is 13.2 Å². The number of guanidine groups is 1. The molecule has 2 N–H and O–H groups in total. The van der Waals surface area contributed by atoms with E-state index in [1.165, 1.54) is 5.56 Å². The first-order chi connectivity index (χ1) is 10.4. The standard InChI is InChI=1S/C15H19BrF3N3.HI/c1-20-13(21-9-8-15(17,18)19)22-10-14(6-7-14)11-4-2-3-5-12(11)16;/h2-5H,6-10H2,1H3,(H2,20,21,22);1H. The van der Waals surface area contributed by atoms with E-state index in [1.54, 1.807) is 7.05 Å². The van der Waals surface area contributed by atoms with Crippen molar-refractivity contribution in [1.29, 1.82) is 0 Å². The van der Waals surface area contributed by atoms with Gasteiger partial charge >= 0.3 is 6.18 Å². The maximum atomic E-state index is 12.2. The van der Waals surface area contributed by atoms with E-state index in [1.807, 2.05) is 18.2 Å². The van der Waals surface area contributed by atoms with E-state index in [4.69, 9.17) is 0 Å². The molecule has 23 heavy (non-hydrogen) atoms. The van der Waals surface area contributed by atoms with Gasteiger partial charge in [0.15, 0.2) is 5.96 Å². The Morgan fingerprint density at radius 3 is 2.43 bits per heavy atom. The molecule has 0 aliphatic heterocycles. The molecular weight excluding hydrogens is 486 g/mol. The fourth-order valence-electron chi connectivity index (χ4n) is 2.38. The molecule has 0 bridgehead atoms. The lowest BCUT2D eigenvalue weighted by molar-refractivity contribution is -0.132. The topological polar surface area (TPSA) is 36.4 Å². The summed E-state index contributed by atoms with van der Waals surface area (Å²) in [7, 11) is 1.56. The lowest BCUT2D eigenvalue weighted by atomic mass is 9.96. The Labute approximate surface area is 159 Å². The number of halogens is 5. The number of rotatable bonds is 5. The summed E-state index contributed by atoms with van der Waals surface area (Å²) in [6, 6.07) is 8.05. The quantitative estimate of drug-likeness (QED) is 0.357. The van der Waals surface area contributed by atoms with E-state index in [2.05, 4.69) is 37.6 Å². The van der Waals surface area contributed by atoms with Gasteiger partial charge in [0.25, 0.3) is 0 Å². The molecule has 3 nitrogen and oxygen atoms in total. The van der Waals surface area contributed by atoms with Crippen LogP contribution in [0.15, 0.2) is 33.7 Å². The monoisotopic (exact) mass is 505 g/mol. The van der Waals surface area contributed by atoms with Crippen molar-refractivity contribution in [3.05, 3.63) is 34.3 Å². The van der Waals surface area contributed by atoms with Crippen molar-refractivity contribution in [3.8, 4) is 0 Å². The van der Waals surface area contributed by atoms with E-state index < -0.39 is 12.6 Å². The highest BCUT2D eigenvalue weighted by Crippen LogP contribution is 2.49. The minimum atomic E-state index is -4.15. The van der Waals surface area contributed by atoms with Crippen LogP contribution in [0, 0.1) is 0 Å². The van der Waals surface area contributed by atoms with Crippen LogP contribution in [0.3, 0.4) is 0 Å². The third-order valence-corrected chi connectivity index (χ3v) is 4.51. The van der Waals surface area contributed by atoms with Crippen LogP contribution in [0.25, 0.3) is 0 Å². The number of nitrogens with one attached hydrogen (secondary N) is 2. The first-order valence-corrected chi connectivity index (χ1v) is 7.92. The number of benzene rings is 1. The average Bonchev–Trinajstić information content (AvgIpc) is 3.23. The number of hydrogen-bond acceptors (Lipinski definition) is 1. The normalized spacial score (nSPS) is 16.5. The van der Waals surface area contributed by atoms with Gasteiger partial charge < -0.3 is 10.6 Å². The third kappa shape index (κ3) is 6.13. The SMILES string of the molecule is CN=C(NCCC(F)(F)F)NCC1(c2ccccc2Br)CC1.I. The molecular formula is C15H20BrF3IN3. The van der Waals surface area contributed by atoms with Gasteiger partial charge in [-0.25, -0.2) is 0 Å². The zero-order chi connectivity index (χ0) is 16.2. The van der Waals surface area contributed by atoms with Crippen LogP contribution in [0.1, 0.15) is 24.8 Å². The maximum absolute atomic E-state index is 12.2. The van der Waals surface area contributed by atoms with E-state index in [0.29, 0.717) is 12.5 Å². The Morgan fingerprint density at radius 1 is 1.26 bits per heavy atom. The van der Waals surface area contributed by atoms with Gasteiger partial charge in [0.2, 0.25) is 0 Å². The average molecular weight is 506 g/mol. The lowest BCUT2D eigenvalue weighted by Crippen LogP contribution is -2.42. The summed E-state index contributed by atoms with van der Waals surface area (Å²) in [5, 5.41) is 5.83. The van der Waals surface area contributed by atoms with Crippen molar-refractivity contribution in [2.45, 2.75) is 30.9 Å². The highest BCUT2D eigenvalue weighted by molar-refractivity contribution is 14.0. The molecule has 0 unspecified atom stereocenters. The second kappa shape index (κ2) is 8.55. The van der Waals surface area contributed by atoms with E-state index >= 15 is 0 Å². The van der Waals surface area contributed by atoms with Gasteiger partial charge in [0, 0.05) is 30.0 Å². The number of aliphatic imine (C=N–C) groups is 1. The van der Waals surface area contributed by atoms with Crippen LogP contribution < -0.4 is 10.6 Å². The summed E-state index contributed by atoms with van der Waals surface area (Å²) < 4.78 is 37.5. The molecule has 8 heteroatoms. The summed E-state index contributed by atoms with van der Waals surface area (Å²) in [5.41, 5.74) is 1.27. The third-order valence-electron chi connectivity index (χ3n) is 3.82. The van der Waals surface area contributed by atoms with Gasteiger partial charge in [-0.1, -0.05) is 34.1 Å². The van der Waals surface area contributed by atoms with Crippen LogP contribution in [0.4, 0.5) is 13.2 Å². The van der Waals surface area contributed by atoms with Gasteiger partial charge in [0.1, 0.15) is 0 Å². The van der Waals surface area contributed by atoms with Crippen molar-refractivity contribution in [1.82, 2.24) is 10.6 Å². The molecule has 0 radical (unpaired) electrons. The molecule has 0 heterocycles. The van der Waals surface area contributed by atoms with Gasteiger partial charge in [-0.15, -0.1) is 24.0 Å². The van der Waals surface area contributed by atoms with Crippen molar-refractivity contribution in [2.24, 2.45) is 4.99 Å². The van der Waals surface area contributed by atoms with E-state index in [0.717, 1.165) is 17.3 Å². The summed E-state index contributed by atoms with van der Waals surface area (Å²) in [5.74, 6) is 0.405. The summed E-state index contributed by atoms with van der Waals surface area (Å²) in [6.07, 6.45) is -2.91. The molecule has 130 valence electrons. The second-order valence-electron chi connectivity index (χ2n) is 5.48. The molecule has 2 rings (SSSR count). The lowest BCUT2D eigenvalue weighted by Gasteiger charge is -2.20. The highest BCUT2D eigenvalue weighted by Gasteiger charge is 2.45. The molecule has 0 spiro atoms. The Bertz CT molecular complexity index is 545. The first kappa shape index (κ1) is 20.5. The van der Waals surface area contributed by atoms with Crippen molar-refractivity contribution in [3.63, 3.8) is 0 Å². The van der Waals surface area contributed by atoms with Crippen molar-refractivity contribution in [2.75, 3.05) is 20.1 Å². The summed E-state index contributed by atoms with van der Waals surface area (Å²) in [6.45, 7) is 0.479. The van der Waals surface area contributed by atoms with Gasteiger partial charge in [0.05, 0.1) is 6.42 Å². The minimum absolute atomic E-state index is 0. The van der Waals surface area contributed by atoms with E-state index in [9.17, 15) is 13.2 Å². The second-order valence-corrected chi connectivity index (χ2v) is 6.33. The molecule has 0 saturated heterocycles. The Morgan fingerprint density at radius 2 is 1.91 bits per heavy atom. The predicted molar refractivity (Wildman–Crippen MR) is 101 cm³/mol. The molecule has 1 aromatic rings. The summed E-state index contributed by atoms with van der Waals surface area (Å²) >= 11 is 3.56. The molecule has 1 aliphatic rings. The minimum Gasteiger partial charge on any atom is -0.356 e. The Kier molecular flexibility index (Phi) is 7.63. The number of alkyl halides is 3. The maximum Gasteiger partial charge on any atom is 0.390 e. The first-order valence-electron chi connectivity index (χ1n) is 7.13. The molecule has 1 aliphatic carbocycles. The Balaban J connectivity index is 0.00000264. The highest BCUT2D eigenvalue weighted by atomic mass is 127. The predicted octanol–water partition coefficient (Wildman–Crippen LogP) is 4.22. The van der Waals surface area contributed by atoms with Crippen molar-refractivity contribution >= 4 is 45.9 Å². The molecule has 0 aromatic heterocycles. The van der Waals surface area contributed by atoms with Crippen LogP contribution in [-0.4, -0.2) is 32.3 Å². The molecule has 0 amide bonds. The Hall–Kier alpha value is -0.510. The van der Waals surface area contributed by atoms with Gasteiger partial charge in [-0.05, 0) is 24.5 Å². The molecule has 1 fully saturated rings. The number of hydrogen-bond donors (Lipinski definition) is 2. The van der Waals surface area contributed by atoms with Crippen LogP contribution >= 0.6 is 39.9 Å². The van der Waals surface area contributed by atoms with Crippen LogP contribution in [0.2, 0.25) is 0 Å². The number of nitrogens with zero attached hydrogens (tertiary/aromatic N) is 1. The van der Waals surface area contributed by atoms with Crippen LogP contribution in [-0.2, 0) is 5.41 Å².